The molecule has 0 amide bonds. The molecule has 11 nitrogen and oxygen atoms in total. The first-order chi connectivity index (χ1) is 10.5. The number of aliphatic hydroxyl groups excluding tert-OH is 1. The number of hydrogen-bond acceptors (Lipinski definition) is 10. The predicted molar refractivity (Wildman–Crippen MR) is 105 cm³/mol. The van der Waals surface area contributed by atoms with Crippen LogP contribution >= 0.6 is 61.2 Å². The molecule has 168 valence electrons. The Kier molecular flexibility index (Phi) is 128. The normalized spacial score (nSPS) is 6.97. The van der Waals surface area contributed by atoms with Gasteiger partial charge in [0.05, 0.1) is 5.97 Å². The van der Waals surface area contributed by atoms with Crippen LogP contribution in [0.2, 0.25) is 0 Å². The van der Waals surface area contributed by atoms with Gasteiger partial charge in [-0.15, -0.1) is 31.7 Å². The molecule has 0 fully saturated rings. The Morgan fingerprint density at radius 2 is 0.931 bits per heavy atom. The van der Waals surface area contributed by atoms with Gasteiger partial charge in [-0.1, -0.05) is 7.43 Å². The molecule has 2 N–H and O–H groups in total. The van der Waals surface area contributed by atoms with Crippen molar-refractivity contribution in [1.29, 1.82) is 0 Å². The summed E-state index contributed by atoms with van der Waals surface area (Å²) >= 11 is 4.24. The number of carboxylic acid groups (broad SMARTS) is 2. The molecule has 0 bridgehead atoms. The third-order valence-electron chi connectivity index (χ3n) is 0.223. The van der Waals surface area contributed by atoms with Gasteiger partial charge in [-0.2, -0.15) is 0 Å². The number of rotatable bonds is 2. The van der Waals surface area contributed by atoms with Gasteiger partial charge in [0, 0.05) is 44.3 Å². The fourth-order valence-corrected chi connectivity index (χ4v) is 0. The van der Waals surface area contributed by atoms with Crippen molar-refractivity contribution >= 4 is 94.2 Å². The standard InChI is InChI=1S/2C2H3FO2.CH4O.CH4.2FHO3S.I2.HI.3Na/c2*3-1-2(4)5;1-2;;2*1-5(2,3)4;1-2;;;;/h2*1H2,(H,4,5);2H,1H3;1H4;2*(H,2,3,4);;1H;;;/q;;;;;;;;3*+1/p-3. The van der Waals surface area contributed by atoms with Gasteiger partial charge in [0.25, 0.3) is 21.0 Å². The Morgan fingerprint density at radius 3 is 0.931 bits per heavy atom. The molecule has 23 heteroatoms. The van der Waals surface area contributed by atoms with Crippen molar-refractivity contribution < 1.29 is 156 Å². The summed E-state index contributed by atoms with van der Waals surface area (Å²) < 4.78 is 91.6. The van der Waals surface area contributed by atoms with E-state index in [-0.39, 0.29) is 120 Å². The van der Waals surface area contributed by atoms with E-state index in [2.05, 4.69) is 37.2 Å². The van der Waals surface area contributed by atoms with E-state index >= 15 is 0 Å². The van der Waals surface area contributed by atoms with Crippen molar-refractivity contribution in [2.75, 3.05) is 20.5 Å². The van der Waals surface area contributed by atoms with E-state index < -0.39 is 46.3 Å². The van der Waals surface area contributed by atoms with Crippen LogP contribution in [0.15, 0.2) is 0 Å². The molecule has 0 aromatic carbocycles. The second-order valence-electron chi connectivity index (χ2n) is 1.82. The molecule has 0 aliphatic rings. The first kappa shape index (κ1) is 69.8. The Labute approximate surface area is 273 Å². The number of aliphatic hydroxyl groups is 1. The topological polar surface area (TPSA) is 212 Å². The van der Waals surface area contributed by atoms with Crippen molar-refractivity contribution in [3.8, 4) is 0 Å². The number of aliphatic carboxylic acids is 2. The molecule has 0 radical (unpaired) electrons. The summed E-state index contributed by atoms with van der Waals surface area (Å²) in [5.41, 5.74) is 0. The molecule has 0 unspecified atom stereocenters. The quantitative estimate of drug-likeness (QED) is 0.0876. The van der Waals surface area contributed by atoms with Crippen molar-refractivity contribution in [2.24, 2.45) is 0 Å². The molecule has 0 atom stereocenters. The fraction of sp³-hybridized carbons (Fsp3) is 0.667. The Bertz CT molecular complexity index is 428. The molecule has 0 aliphatic carbocycles. The summed E-state index contributed by atoms with van der Waals surface area (Å²) in [6.45, 7) is -2.67. The first-order valence-electron chi connectivity index (χ1n) is 3.98. The number of carbonyl (C=O) groups excluding carboxylic acids is 1. The zero-order valence-corrected chi connectivity index (χ0v) is 28.8. The molecule has 0 aromatic heterocycles. The van der Waals surface area contributed by atoms with Gasteiger partial charge in [0.1, 0.15) is 6.67 Å². The Balaban J connectivity index is -0.0000000148. The minimum absolute atomic E-state index is 0. The predicted octanol–water partition coefficient (Wildman–Crippen LogP) is -8.78. The summed E-state index contributed by atoms with van der Waals surface area (Å²) in [6.07, 6.45) is 0. The van der Waals surface area contributed by atoms with Crippen LogP contribution in [0.5, 0.6) is 0 Å². The third kappa shape index (κ3) is 477. The van der Waals surface area contributed by atoms with E-state index in [0.29, 0.717) is 0 Å². The second kappa shape index (κ2) is 53.1. The van der Waals surface area contributed by atoms with Crippen LogP contribution in [0, 0.1) is 0 Å². The molecule has 0 aliphatic heterocycles. The van der Waals surface area contributed by atoms with Gasteiger partial charge in [-0.25, -0.2) is 30.4 Å². The van der Waals surface area contributed by atoms with Crippen LogP contribution in [-0.4, -0.2) is 68.6 Å². The summed E-state index contributed by atoms with van der Waals surface area (Å²) in [4.78, 5) is 17.9. The first-order valence-corrected chi connectivity index (χ1v) is 12.9. The SMILES string of the molecule is C.CO.I.II.O=C(O)CF.O=C([O-])CF.O=S(=O)([O-])F.O=S(=O)([O-])F.[Na+].[Na+].[Na+]. The van der Waals surface area contributed by atoms with Gasteiger partial charge in [-0.3, -0.25) is 0 Å². The molecule has 0 saturated heterocycles. The van der Waals surface area contributed by atoms with E-state index in [1.54, 1.807) is 0 Å². The van der Waals surface area contributed by atoms with Crippen LogP contribution in [0.1, 0.15) is 7.43 Å². The average molecular weight is 852 g/mol. The molecule has 0 saturated carbocycles. The number of carbonyl (C=O) groups is 2. The summed E-state index contributed by atoms with van der Waals surface area (Å²) in [5.74, 6) is -3.07. The smallest absolute Gasteiger partial charge is 0.722 e. The van der Waals surface area contributed by atoms with Crippen molar-refractivity contribution in [1.82, 2.24) is 0 Å². The van der Waals surface area contributed by atoms with Crippen LogP contribution in [0.3, 0.4) is 0 Å². The van der Waals surface area contributed by atoms with Gasteiger partial charge < -0.3 is 29.2 Å². The Hall–Kier alpha value is 3.63. The van der Waals surface area contributed by atoms with Crippen LogP contribution in [0.25, 0.3) is 0 Å². The molecular formula is C6H14F4I3Na3O11S2. The molecular weight excluding hydrogens is 838 g/mol. The van der Waals surface area contributed by atoms with Gasteiger partial charge in [-0.05, 0) is 0 Å². The zero-order chi connectivity index (χ0) is 21.6. The van der Waals surface area contributed by atoms with E-state index in [4.69, 9.17) is 50.8 Å². The number of halogens is 7. The van der Waals surface area contributed by atoms with E-state index in [0.717, 1.165) is 7.11 Å². The van der Waals surface area contributed by atoms with Crippen molar-refractivity contribution in [3.05, 3.63) is 0 Å². The maximum atomic E-state index is 10.5. The van der Waals surface area contributed by atoms with Crippen molar-refractivity contribution in [3.63, 3.8) is 0 Å². The Morgan fingerprint density at radius 1 is 0.862 bits per heavy atom. The summed E-state index contributed by atoms with van der Waals surface area (Å²) in [5, 5.41) is 23.2. The van der Waals surface area contributed by atoms with Crippen LogP contribution < -0.4 is 93.8 Å². The zero-order valence-electron chi connectivity index (χ0n) is 14.5. The monoisotopic (exact) mass is 852 g/mol. The number of carboxylic acids is 2. The molecule has 0 spiro atoms. The third-order valence-corrected chi connectivity index (χ3v) is 0.223. The molecule has 0 aromatic rings. The summed E-state index contributed by atoms with van der Waals surface area (Å²) in [7, 11) is -9.83. The number of alkyl halides is 2. The van der Waals surface area contributed by atoms with Crippen LogP contribution in [0.4, 0.5) is 16.6 Å². The minimum atomic E-state index is -5.42. The van der Waals surface area contributed by atoms with E-state index in [9.17, 15) is 16.6 Å². The van der Waals surface area contributed by atoms with E-state index in [1.807, 2.05) is 0 Å². The minimum Gasteiger partial charge on any atom is -0.722 e. The second-order valence-corrected chi connectivity index (χ2v) is 3.39. The van der Waals surface area contributed by atoms with Gasteiger partial charge in [0.2, 0.25) is 0 Å². The molecule has 29 heavy (non-hydrogen) atoms. The maximum absolute atomic E-state index is 10.5. The summed E-state index contributed by atoms with van der Waals surface area (Å²) in [6, 6.07) is 0. The number of hydrogen-bond donors (Lipinski definition) is 2. The average Bonchev–Trinajstić information content (AvgIpc) is 2.40. The fourth-order valence-electron chi connectivity index (χ4n) is 0. The van der Waals surface area contributed by atoms with Crippen molar-refractivity contribution in [2.45, 2.75) is 7.43 Å². The van der Waals surface area contributed by atoms with E-state index in [1.165, 1.54) is 0 Å². The largest absolute Gasteiger partial charge is 1.00 e. The molecule has 0 heterocycles. The maximum Gasteiger partial charge on any atom is 1.00 e. The molecule has 0 rings (SSSR count). The van der Waals surface area contributed by atoms with Gasteiger partial charge in [0.15, 0.2) is 6.67 Å². The van der Waals surface area contributed by atoms with Gasteiger partial charge >= 0.3 is 94.6 Å². The van der Waals surface area contributed by atoms with Crippen LogP contribution in [-0.2, 0) is 30.6 Å².